The van der Waals surface area contributed by atoms with Crippen LogP contribution in [0.4, 0.5) is 0 Å². The molecule has 1 aliphatic rings. The maximum absolute atomic E-state index is 6.23. The van der Waals surface area contributed by atoms with E-state index in [1.54, 1.807) is 0 Å². The van der Waals surface area contributed by atoms with Crippen molar-refractivity contribution < 1.29 is 0 Å². The van der Waals surface area contributed by atoms with Gasteiger partial charge in [-0.05, 0) is 50.1 Å². The molecule has 1 nitrogen and oxygen atoms in total. The van der Waals surface area contributed by atoms with Crippen molar-refractivity contribution in [3.05, 3.63) is 33.8 Å². The molecule has 0 amide bonds. The second kappa shape index (κ2) is 7.78. The Bertz CT molecular complexity index is 405. The van der Waals surface area contributed by atoms with Crippen molar-refractivity contribution in [2.75, 3.05) is 12.8 Å². The van der Waals surface area contributed by atoms with Gasteiger partial charge in [-0.1, -0.05) is 36.0 Å². The molecule has 1 atom stereocenters. The van der Waals surface area contributed by atoms with Crippen LogP contribution in [0.2, 0.25) is 10.0 Å². The first kappa shape index (κ1) is 15.5. The lowest BCUT2D eigenvalue weighted by Gasteiger charge is -2.19. The average molecular weight is 318 g/mol. The van der Waals surface area contributed by atoms with Crippen molar-refractivity contribution >= 4 is 35.0 Å². The monoisotopic (exact) mass is 317 g/mol. The Balaban J connectivity index is 1.88. The molecule has 2 rings (SSSR count). The fourth-order valence-corrected chi connectivity index (χ4v) is 4.36. The van der Waals surface area contributed by atoms with Crippen LogP contribution in [0.3, 0.4) is 0 Å². The van der Waals surface area contributed by atoms with Crippen molar-refractivity contribution in [3.63, 3.8) is 0 Å². The van der Waals surface area contributed by atoms with Crippen LogP contribution in [0, 0.1) is 0 Å². The summed E-state index contributed by atoms with van der Waals surface area (Å²) in [4.78, 5) is 0. The van der Waals surface area contributed by atoms with E-state index in [9.17, 15) is 0 Å². The van der Waals surface area contributed by atoms with Crippen LogP contribution in [-0.4, -0.2) is 24.1 Å². The van der Waals surface area contributed by atoms with Crippen LogP contribution >= 0.6 is 35.0 Å². The van der Waals surface area contributed by atoms with E-state index >= 15 is 0 Å². The van der Waals surface area contributed by atoms with Crippen LogP contribution < -0.4 is 5.32 Å². The summed E-state index contributed by atoms with van der Waals surface area (Å²) in [6, 6.07) is 6.17. The summed E-state index contributed by atoms with van der Waals surface area (Å²) < 4.78 is 0. The van der Waals surface area contributed by atoms with E-state index in [4.69, 9.17) is 23.2 Å². The summed E-state index contributed by atoms with van der Waals surface area (Å²) in [7, 11) is 2.03. The van der Waals surface area contributed by atoms with E-state index in [1.165, 1.54) is 25.7 Å². The van der Waals surface area contributed by atoms with Gasteiger partial charge in [0.05, 0.1) is 0 Å². The van der Waals surface area contributed by atoms with Crippen LogP contribution in [0.25, 0.3) is 0 Å². The minimum absolute atomic E-state index is 0.460. The largest absolute Gasteiger partial charge is 0.316 e. The highest BCUT2D eigenvalue weighted by Crippen LogP contribution is 2.30. The van der Waals surface area contributed by atoms with Crippen molar-refractivity contribution in [1.29, 1.82) is 0 Å². The van der Waals surface area contributed by atoms with E-state index in [0.717, 1.165) is 33.0 Å². The van der Waals surface area contributed by atoms with Crippen molar-refractivity contribution in [1.82, 2.24) is 5.32 Å². The van der Waals surface area contributed by atoms with Gasteiger partial charge in [0, 0.05) is 27.1 Å². The van der Waals surface area contributed by atoms with E-state index in [2.05, 4.69) is 17.1 Å². The van der Waals surface area contributed by atoms with Crippen LogP contribution in [0.5, 0.6) is 0 Å². The molecular weight excluding hydrogens is 297 g/mol. The van der Waals surface area contributed by atoms with Gasteiger partial charge < -0.3 is 5.32 Å². The Kier molecular flexibility index (Phi) is 6.34. The summed E-state index contributed by atoms with van der Waals surface area (Å²) in [5.74, 6) is 1.14. The predicted molar refractivity (Wildman–Crippen MR) is 87.7 cm³/mol. The minimum Gasteiger partial charge on any atom is -0.316 e. The van der Waals surface area contributed by atoms with Gasteiger partial charge in [-0.2, -0.15) is 11.8 Å². The second-order valence-corrected chi connectivity index (χ2v) is 7.34. The highest BCUT2D eigenvalue weighted by atomic mass is 35.5. The normalized spacial score (nSPS) is 17.8. The van der Waals surface area contributed by atoms with E-state index in [1.807, 2.05) is 25.2 Å². The van der Waals surface area contributed by atoms with Gasteiger partial charge in [0.15, 0.2) is 0 Å². The molecule has 1 aromatic carbocycles. The molecule has 0 saturated heterocycles. The molecule has 0 heterocycles. The van der Waals surface area contributed by atoms with Gasteiger partial charge in [0.2, 0.25) is 0 Å². The van der Waals surface area contributed by atoms with Gasteiger partial charge in [0.25, 0.3) is 0 Å². The summed E-state index contributed by atoms with van der Waals surface area (Å²) in [6.07, 6.45) is 6.53. The molecule has 0 aromatic heterocycles. The lowest BCUT2D eigenvalue weighted by molar-refractivity contribution is 0.616. The summed E-state index contributed by atoms with van der Waals surface area (Å²) in [5.41, 5.74) is 1.14. The Morgan fingerprint density at radius 3 is 2.74 bits per heavy atom. The van der Waals surface area contributed by atoms with E-state index in [-0.39, 0.29) is 0 Å². The highest BCUT2D eigenvalue weighted by molar-refractivity contribution is 7.99. The third kappa shape index (κ3) is 4.86. The number of nitrogens with one attached hydrogen (secondary N) is 1. The second-order valence-electron chi connectivity index (χ2n) is 5.17. The molecule has 0 spiro atoms. The summed E-state index contributed by atoms with van der Waals surface area (Å²) in [5, 5.41) is 5.84. The predicted octanol–water partition coefficient (Wildman–Crippen LogP) is 4.80. The molecule has 1 aliphatic carbocycles. The summed E-state index contributed by atoms with van der Waals surface area (Å²) >= 11 is 14.4. The van der Waals surface area contributed by atoms with Gasteiger partial charge >= 0.3 is 0 Å². The number of thioether (sulfide) groups is 1. The molecule has 1 unspecified atom stereocenters. The van der Waals surface area contributed by atoms with E-state index in [0.29, 0.717) is 6.04 Å². The Morgan fingerprint density at radius 2 is 2.05 bits per heavy atom. The first-order valence-electron chi connectivity index (χ1n) is 6.92. The maximum Gasteiger partial charge on any atom is 0.0439 e. The molecule has 0 radical (unpaired) electrons. The first-order valence-corrected chi connectivity index (χ1v) is 8.72. The molecule has 1 fully saturated rings. The lowest BCUT2D eigenvalue weighted by Crippen LogP contribution is -2.30. The summed E-state index contributed by atoms with van der Waals surface area (Å²) in [6.45, 7) is 0. The zero-order valence-corrected chi connectivity index (χ0v) is 13.6. The van der Waals surface area contributed by atoms with Crippen LogP contribution in [0.15, 0.2) is 18.2 Å². The first-order chi connectivity index (χ1) is 9.19. The van der Waals surface area contributed by atoms with Gasteiger partial charge in [-0.3, -0.25) is 0 Å². The number of benzene rings is 1. The molecule has 1 N–H and O–H groups in total. The third-order valence-electron chi connectivity index (χ3n) is 3.72. The molecule has 106 valence electrons. The Hall–Kier alpha value is 0.110. The quantitative estimate of drug-likeness (QED) is 0.808. The van der Waals surface area contributed by atoms with Crippen LogP contribution in [-0.2, 0) is 6.42 Å². The number of hydrogen-bond donors (Lipinski definition) is 1. The Labute approximate surface area is 130 Å². The number of hydrogen-bond acceptors (Lipinski definition) is 2. The third-order valence-corrected chi connectivity index (χ3v) is 5.86. The maximum atomic E-state index is 6.23. The number of rotatable bonds is 6. The standard InChI is InChI=1S/C15H21Cl2NS/c1-18-13(10-19-14-4-2-3-5-14)9-11-8-12(16)6-7-15(11)17/h6-8,13-14,18H,2-5,9-10H2,1H3. The van der Waals surface area contributed by atoms with Gasteiger partial charge in [0.1, 0.15) is 0 Å². The van der Waals surface area contributed by atoms with Crippen molar-refractivity contribution in [2.45, 2.75) is 43.4 Å². The minimum atomic E-state index is 0.460. The SMILES string of the molecule is CNC(CSC1CCCC1)Cc1cc(Cl)ccc1Cl. The molecule has 19 heavy (non-hydrogen) atoms. The van der Waals surface area contributed by atoms with Gasteiger partial charge in [-0.15, -0.1) is 0 Å². The number of likely N-dealkylation sites (N-methyl/N-ethyl adjacent to an activating group) is 1. The van der Waals surface area contributed by atoms with Crippen molar-refractivity contribution in [2.24, 2.45) is 0 Å². The average Bonchev–Trinajstić information content (AvgIpc) is 2.91. The van der Waals surface area contributed by atoms with Gasteiger partial charge in [-0.25, -0.2) is 0 Å². The van der Waals surface area contributed by atoms with E-state index < -0.39 is 0 Å². The zero-order chi connectivity index (χ0) is 13.7. The fourth-order valence-electron chi connectivity index (χ4n) is 2.52. The topological polar surface area (TPSA) is 12.0 Å². The van der Waals surface area contributed by atoms with Crippen molar-refractivity contribution in [3.8, 4) is 0 Å². The highest BCUT2D eigenvalue weighted by Gasteiger charge is 2.18. The molecule has 1 aromatic rings. The molecule has 1 saturated carbocycles. The number of halogens is 2. The molecule has 4 heteroatoms. The molecular formula is C15H21Cl2NS. The molecule has 0 bridgehead atoms. The Morgan fingerprint density at radius 1 is 1.32 bits per heavy atom. The zero-order valence-electron chi connectivity index (χ0n) is 11.3. The van der Waals surface area contributed by atoms with Crippen LogP contribution in [0.1, 0.15) is 31.2 Å². The lowest BCUT2D eigenvalue weighted by atomic mass is 10.1. The molecule has 0 aliphatic heterocycles. The smallest absolute Gasteiger partial charge is 0.0439 e. The fraction of sp³-hybridized carbons (Fsp3) is 0.600.